The van der Waals surface area contributed by atoms with Crippen LogP contribution in [0.4, 0.5) is 15.3 Å². The lowest BCUT2D eigenvalue weighted by atomic mass is 10.0. The lowest BCUT2D eigenvalue weighted by molar-refractivity contribution is -0.143. The van der Waals surface area contributed by atoms with Crippen molar-refractivity contribution in [3.05, 3.63) is 56.5 Å². The van der Waals surface area contributed by atoms with Gasteiger partial charge in [0.2, 0.25) is 0 Å². The topological polar surface area (TPSA) is 106 Å². The Morgan fingerprint density at radius 2 is 1.51 bits per heavy atom. The number of urea groups is 1. The number of halogens is 2. The number of carbonyl (C=O) groups excluding carboxylic acids is 3. The van der Waals surface area contributed by atoms with E-state index in [1.807, 2.05) is 34.1 Å². The van der Waals surface area contributed by atoms with Gasteiger partial charge >= 0.3 is 12.1 Å². The number of piperidine rings is 1. The van der Waals surface area contributed by atoms with Gasteiger partial charge in [0.1, 0.15) is 5.75 Å². The molecule has 2 aromatic carbocycles. The molecule has 0 bridgehead atoms. The van der Waals surface area contributed by atoms with Gasteiger partial charge in [0.05, 0.1) is 8.95 Å². The molecule has 254 valence electrons. The Balaban J connectivity index is 1.08. The van der Waals surface area contributed by atoms with Crippen molar-refractivity contribution >= 4 is 55.6 Å². The number of nitrogens with one attached hydrogen (secondary N) is 1. The number of nitrogens with zero attached hydrogens (tertiary/aromatic N) is 4. The van der Waals surface area contributed by atoms with Crippen LogP contribution >= 0.6 is 31.9 Å². The van der Waals surface area contributed by atoms with Crippen LogP contribution in [-0.2, 0) is 22.4 Å². The third-order valence-corrected chi connectivity index (χ3v) is 11.5. The second kappa shape index (κ2) is 15.6. The van der Waals surface area contributed by atoms with Crippen molar-refractivity contribution in [3.63, 3.8) is 0 Å². The van der Waals surface area contributed by atoms with Gasteiger partial charge in [-0.05, 0) is 93.3 Å². The van der Waals surface area contributed by atoms with Crippen LogP contribution < -0.4 is 5.32 Å². The number of aromatic hydroxyl groups is 1. The van der Waals surface area contributed by atoms with E-state index in [4.69, 9.17) is 4.74 Å². The molecule has 0 spiro atoms. The normalized spacial score (nSPS) is 21.0. The molecule has 2 N–H and O–H groups in total. The van der Waals surface area contributed by atoms with E-state index in [0.717, 1.165) is 36.3 Å². The number of benzene rings is 2. The number of ether oxygens (including phenoxy) is 1. The second-order valence-corrected chi connectivity index (χ2v) is 14.9. The summed E-state index contributed by atoms with van der Waals surface area (Å²) in [6.45, 7) is 4.39. The largest absolute Gasteiger partial charge is 0.506 e. The number of phenolic OH excluding ortho intramolecular Hbond substituents is 1. The molecular formula is C35H45Br2N5O5. The van der Waals surface area contributed by atoms with Gasteiger partial charge in [-0.1, -0.05) is 43.9 Å². The van der Waals surface area contributed by atoms with Gasteiger partial charge in [0, 0.05) is 70.0 Å². The summed E-state index contributed by atoms with van der Waals surface area (Å²) < 4.78 is 7.04. The molecule has 3 heterocycles. The molecule has 1 atom stereocenters. The summed E-state index contributed by atoms with van der Waals surface area (Å²) in [5.41, 5.74) is 2.74. The Morgan fingerprint density at radius 1 is 0.851 bits per heavy atom. The van der Waals surface area contributed by atoms with Crippen molar-refractivity contribution < 1.29 is 24.2 Å². The predicted octanol–water partition coefficient (Wildman–Crippen LogP) is 6.39. The molecule has 0 aromatic heterocycles. The Morgan fingerprint density at radius 3 is 2.19 bits per heavy atom. The Hall–Kier alpha value is -2.83. The van der Waals surface area contributed by atoms with Gasteiger partial charge in [-0.2, -0.15) is 0 Å². The van der Waals surface area contributed by atoms with Crippen molar-refractivity contribution in [1.82, 2.24) is 19.6 Å². The Labute approximate surface area is 294 Å². The number of para-hydroxylation sites is 1. The van der Waals surface area contributed by atoms with E-state index in [1.54, 1.807) is 17.0 Å². The highest BCUT2D eigenvalue weighted by Crippen LogP contribution is 2.34. The lowest BCUT2D eigenvalue weighted by Gasteiger charge is -2.40. The van der Waals surface area contributed by atoms with Crippen molar-refractivity contribution in [2.45, 2.75) is 82.4 Å². The average molecular weight is 776 g/mol. The third-order valence-electron chi connectivity index (χ3n) is 10.3. The minimum absolute atomic E-state index is 0.0160. The van der Waals surface area contributed by atoms with Crippen LogP contribution in [0, 0.1) is 0 Å². The average Bonchev–Trinajstić information content (AvgIpc) is 3.46. The first-order valence-corrected chi connectivity index (χ1v) is 18.7. The molecule has 1 unspecified atom stereocenters. The number of carbonyl (C=O) groups is 3. The van der Waals surface area contributed by atoms with Gasteiger partial charge in [-0.15, -0.1) is 0 Å². The standard InChI is InChI=1S/C35H45Br2N5O5/c36-28-21-24(22-29(37)32(28)43)23-31(33(44)40-19-17-39(18-20-40)26-8-3-1-2-4-9-26)47-35(46)41-14-12-27(13-15-41)42-16-11-25-7-5-6-10-30(25)38-34(42)45/h5-7,10,21-22,26-27,31,43H,1-4,8-9,11-20,23H2,(H,38,45). The quantitative estimate of drug-likeness (QED) is 0.330. The van der Waals surface area contributed by atoms with Gasteiger partial charge < -0.3 is 29.9 Å². The first-order valence-electron chi connectivity index (χ1n) is 17.1. The molecule has 3 fully saturated rings. The number of piperazine rings is 1. The highest BCUT2D eigenvalue weighted by atomic mass is 79.9. The summed E-state index contributed by atoms with van der Waals surface area (Å²) in [6, 6.07) is 11.9. The summed E-state index contributed by atoms with van der Waals surface area (Å²) in [5, 5.41) is 13.3. The number of hydrogen-bond acceptors (Lipinski definition) is 6. The van der Waals surface area contributed by atoms with Crippen LogP contribution in [-0.4, -0.2) is 107 Å². The number of hydrogen-bond donors (Lipinski definition) is 2. The van der Waals surface area contributed by atoms with Gasteiger partial charge in [0.25, 0.3) is 5.91 Å². The summed E-state index contributed by atoms with van der Waals surface area (Å²) >= 11 is 6.78. The molecular weight excluding hydrogens is 730 g/mol. The fourth-order valence-corrected chi connectivity index (χ4v) is 8.84. The van der Waals surface area contributed by atoms with E-state index in [0.29, 0.717) is 60.6 Å². The molecule has 47 heavy (non-hydrogen) atoms. The number of amides is 4. The second-order valence-electron chi connectivity index (χ2n) is 13.2. The van der Waals surface area contributed by atoms with E-state index < -0.39 is 12.2 Å². The Kier molecular flexibility index (Phi) is 11.3. The van der Waals surface area contributed by atoms with E-state index in [-0.39, 0.29) is 30.2 Å². The molecule has 10 nitrogen and oxygen atoms in total. The number of phenols is 1. The van der Waals surface area contributed by atoms with Crippen LogP contribution in [0.3, 0.4) is 0 Å². The van der Waals surface area contributed by atoms with Crippen LogP contribution in [0.5, 0.6) is 5.75 Å². The molecule has 4 amide bonds. The van der Waals surface area contributed by atoms with Crippen LogP contribution in [0.25, 0.3) is 0 Å². The van der Waals surface area contributed by atoms with Crippen LogP contribution in [0.15, 0.2) is 45.3 Å². The molecule has 1 aliphatic carbocycles. The van der Waals surface area contributed by atoms with Gasteiger partial charge in [-0.25, -0.2) is 9.59 Å². The number of anilines is 1. The number of likely N-dealkylation sites (tertiary alicyclic amines) is 1. The first-order chi connectivity index (χ1) is 22.8. The highest BCUT2D eigenvalue weighted by molar-refractivity contribution is 9.11. The number of rotatable bonds is 6. The van der Waals surface area contributed by atoms with Crippen LogP contribution in [0.2, 0.25) is 0 Å². The van der Waals surface area contributed by atoms with Crippen molar-refractivity contribution in [3.8, 4) is 5.75 Å². The monoisotopic (exact) mass is 773 g/mol. The molecule has 3 aliphatic heterocycles. The zero-order valence-corrected chi connectivity index (χ0v) is 30.0. The van der Waals surface area contributed by atoms with Crippen molar-refractivity contribution in [1.29, 1.82) is 0 Å². The Bertz CT molecular complexity index is 1410. The van der Waals surface area contributed by atoms with E-state index >= 15 is 0 Å². The zero-order chi connectivity index (χ0) is 32.9. The zero-order valence-electron chi connectivity index (χ0n) is 26.8. The molecule has 0 radical (unpaired) electrons. The highest BCUT2D eigenvalue weighted by Gasteiger charge is 2.36. The number of fused-ring (bicyclic) bond motifs is 1. The molecule has 12 heteroatoms. The minimum Gasteiger partial charge on any atom is -0.506 e. The maximum Gasteiger partial charge on any atom is 0.410 e. The summed E-state index contributed by atoms with van der Waals surface area (Å²) in [5.74, 6) is -0.108. The fourth-order valence-electron chi connectivity index (χ4n) is 7.56. The van der Waals surface area contributed by atoms with E-state index in [9.17, 15) is 19.5 Å². The molecule has 2 saturated heterocycles. The molecule has 4 aliphatic rings. The minimum atomic E-state index is -0.997. The van der Waals surface area contributed by atoms with Crippen LogP contribution in [0.1, 0.15) is 62.5 Å². The van der Waals surface area contributed by atoms with Gasteiger partial charge in [-0.3, -0.25) is 9.69 Å². The molecule has 1 saturated carbocycles. The van der Waals surface area contributed by atoms with Crippen molar-refractivity contribution in [2.75, 3.05) is 51.1 Å². The van der Waals surface area contributed by atoms with E-state index in [1.165, 1.54) is 38.5 Å². The summed E-state index contributed by atoms with van der Waals surface area (Å²) in [4.78, 5) is 48.6. The summed E-state index contributed by atoms with van der Waals surface area (Å²) in [7, 11) is 0. The maximum atomic E-state index is 14.0. The molecule has 2 aromatic rings. The van der Waals surface area contributed by atoms with Gasteiger partial charge in [0.15, 0.2) is 6.10 Å². The fraction of sp³-hybridized carbons (Fsp3) is 0.571. The maximum absolute atomic E-state index is 14.0. The molecule has 6 rings (SSSR count). The summed E-state index contributed by atoms with van der Waals surface area (Å²) in [6.07, 6.45) is 8.36. The SMILES string of the molecule is O=C(OC(Cc1cc(Br)c(O)c(Br)c1)C(=O)N1CCN(C2CCCCCC2)CC1)N1CCC(N2CCc3ccccc3NC2=O)CC1. The lowest BCUT2D eigenvalue weighted by Crippen LogP contribution is -2.55. The third kappa shape index (κ3) is 8.25. The smallest absolute Gasteiger partial charge is 0.410 e. The van der Waals surface area contributed by atoms with Crippen molar-refractivity contribution in [2.24, 2.45) is 0 Å². The van der Waals surface area contributed by atoms with E-state index in [2.05, 4.69) is 42.1 Å². The predicted molar refractivity (Wildman–Crippen MR) is 188 cm³/mol. The first kappa shape index (κ1) is 34.0.